The molecule has 2 heteroatoms. The molecule has 0 radical (unpaired) electrons. The van der Waals surface area contributed by atoms with Gasteiger partial charge in [0.05, 0.1) is 11.6 Å². The van der Waals surface area contributed by atoms with E-state index in [9.17, 15) is 0 Å². The number of hydrogen-bond acceptors (Lipinski definition) is 1. The number of aromatic nitrogens is 1. The molecule has 0 aliphatic heterocycles. The lowest BCUT2D eigenvalue weighted by Gasteiger charge is -2.15. The fourth-order valence-corrected chi connectivity index (χ4v) is 2.92. The summed E-state index contributed by atoms with van der Waals surface area (Å²) < 4.78 is 6.22. The number of aromatic amines is 1. The molecular formula is C19H23NO. The molecule has 0 aliphatic rings. The zero-order chi connectivity index (χ0) is 14.7. The lowest BCUT2D eigenvalue weighted by molar-refractivity contribution is 0.209. The van der Waals surface area contributed by atoms with E-state index in [-0.39, 0.29) is 6.10 Å². The van der Waals surface area contributed by atoms with Gasteiger partial charge in [-0.2, -0.15) is 0 Å². The van der Waals surface area contributed by atoms with Crippen LogP contribution in [-0.2, 0) is 0 Å². The quantitative estimate of drug-likeness (QED) is 0.579. The van der Waals surface area contributed by atoms with Crippen LogP contribution >= 0.6 is 0 Å². The minimum atomic E-state index is 0.260. The van der Waals surface area contributed by atoms with Gasteiger partial charge in [0.2, 0.25) is 0 Å². The summed E-state index contributed by atoms with van der Waals surface area (Å²) in [5.41, 5.74) is 2.32. The Bertz CT molecular complexity index is 729. The maximum Gasteiger partial charge on any atom is 0.129 e. The van der Waals surface area contributed by atoms with Gasteiger partial charge in [-0.15, -0.1) is 0 Å². The fraction of sp³-hybridized carbons (Fsp3) is 0.368. The fourth-order valence-electron chi connectivity index (χ4n) is 2.92. The first-order valence-electron chi connectivity index (χ1n) is 7.95. The Kier molecular flexibility index (Phi) is 4.14. The van der Waals surface area contributed by atoms with Crippen molar-refractivity contribution in [1.82, 2.24) is 4.98 Å². The highest BCUT2D eigenvalue weighted by atomic mass is 16.5. The second-order valence-corrected chi connectivity index (χ2v) is 5.77. The van der Waals surface area contributed by atoms with Crippen molar-refractivity contribution in [1.29, 1.82) is 0 Å². The van der Waals surface area contributed by atoms with E-state index < -0.39 is 0 Å². The third kappa shape index (κ3) is 2.90. The monoisotopic (exact) mass is 281 g/mol. The number of unbranched alkanes of at least 4 members (excludes halogenated alkanes) is 2. The lowest BCUT2D eigenvalue weighted by Crippen LogP contribution is -2.11. The zero-order valence-corrected chi connectivity index (χ0v) is 12.9. The third-order valence-corrected chi connectivity index (χ3v) is 4.03. The van der Waals surface area contributed by atoms with E-state index in [2.05, 4.69) is 61.3 Å². The van der Waals surface area contributed by atoms with Crippen molar-refractivity contribution >= 4 is 21.8 Å². The SMILES string of the molecule is CCCCCC(C)Oc1cccc2[nH]c3ccccc3c12. The molecule has 1 aromatic heterocycles. The van der Waals surface area contributed by atoms with Crippen LogP contribution in [0.4, 0.5) is 0 Å². The van der Waals surface area contributed by atoms with Crippen molar-refractivity contribution in [2.45, 2.75) is 45.6 Å². The highest BCUT2D eigenvalue weighted by Gasteiger charge is 2.11. The molecular weight excluding hydrogens is 258 g/mol. The van der Waals surface area contributed by atoms with Crippen molar-refractivity contribution in [2.24, 2.45) is 0 Å². The molecule has 2 nitrogen and oxygen atoms in total. The Labute approximate surface area is 126 Å². The minimum absolute atomic E-state index is 0.260. The van der Waals surface area contributed by atoms with Crippen molar-refractivity contribution in [2.75, 3.05) is 0 Å². The molecule has 3 rings (SSSR count). The summed E-state index contributed by atoms with van der Waals surface area (Å²) in [5, 5.41) is 2.44. The van der Waals surface area contributed by atoms with Crippen LogP contribution < -0.4 is 4.74 Å². The van der Waals surface area contributed by atoms with Gasteiger partial charge in [-0.25, -0.2) is 0 Å². The first-order valence-corrected chi connectivity index (χ1v) is 7.95. The van der Waals surface area contributed by atoms with Gasteiger partial charge < -0.3 is 9.72 Å². The molecule has 0 spiro atoms. The lowest BCUT2D eigenvalue weighted by atomic mass is 10.1. The van der Waals surface area contributed by atoms with Gasteiger partial charge in [0.15, 0.2) is 0 Å². The highest BCUT2D eigenvalue weighted by molar-refractivity contribution is 6.10. The smallest absolute Gasteiger partial charge is 0.129 e. The largest absolute Gasteiger partial charge is 0.490 e. The molecule has 1 atom stereocenters. The van der Waals surface area contributed by atoms with Crippen LogP contribution in [0.2, 0.25) is 0 Å². The van der Waals surface area contributed by atoms with Crippen LogP contribution in [0.15, 0.2) is 42.5 Å². The highest BCUT2D eigenvalue weighted by Crippen LogP contribution is 2.33. The summed E-state index contributed by atoms with van der Waals surface area (Å²) in [5.74, 6) is 0.994. The molecule has 0 aliphatic carbocycles. The van der Waals surface area contributed by atoms with Crippen molar-refractivity contribution in [3.63, 3.8) is 0 Å². The molecule has 21 heavy (non-hydrogen) atoms. The Morgan fingerprint density at radius 1 is 1.00 bits per heavy atom. The van der Waals surface area contributed by atoms with E-state index in [1.165, 1.54) is 35.6 Å². The van der Waals surface area contributed by atoms with Crippen LogP contribution in [0.25, 0.3) is 21.8 Å². The van der Waals surface area contributed by atoms with Crippen LogP contribution in [-0.4, -0.2) is 11.1 Å². The maximum atomic E-state index is 6.22. The van der Waals surface area contributed by atoms with Gasteiger partial charge in [0.25, 0.3) is 0 Å². The summed E-state index contributed by atoms with van der Waals surface area (Å²) >= 11 is 0. The number of H-pyrrole nitrogens is 1. The number of fused-ring (bicyclic) bond motifs is 3. The van der Waals surface area contributed by atoms with Crippen LogP contribution in [0.3, 0.4) is 0 Å². The van der Waals surface area contributed by atoms with Crippen molar-refractivity contribution in [3.05, 3.63) is 42.5 Å². The Morgan fingerprint density at radius 2 is 1.81 bits per heavy atom. The first kappa shape index (κ1) is 14.0. The number of hydrogen-bond donors (Lipinski definition) is 1. The number of rotatable bonds is 6. The molecule has 0 saturated heterocycles. The molecule has 1 heterocycles. The molecule has 0 saturated carbocycles. The summed E-state index contributed by atoms with van der Waals surface area (Å²) in [4.78, 5) is 3.46. The molecule has 2 aromatic carbocycles. The second kappa shape index (κ2) is 6.21. The minimum Gasteiger partial charge on any atom is -0.490 e. The van der Waals surface area contributed by atoms with E-state index in [0.717, 1.165) is 17.7 Å². The van der Waals surface area contributed by atoms with Gasteiger partial charge in [0, 0.05) is 16.3 Å². The Balaban J connectivity index is 1.91. The first-order chi connectivity index (χ1) is 10.3. The molecule has 3 aromatic rings. The average Bonchev–Trinajstić information content (AvgIpc) is 2.87. The molecule has 1 unspecified atom stereocenters. The maximum absolute atomic E-state index is 6.22. The number of benzene rings is 2. The normalized spacial score (nSPS) is 12.9. The molecule has 0 fully saturated rings. The molecule has 0 amide bonds. The average molecular weight is 281 g/mol. The zero-order valence-electron chi connectivity index (χ0n) is 12.9. The van der Waals surface area contributed by atoms with Gasteiger partial charge in [-0.3, -0.25) is 0 Å². The van der Waals surface area contributed by atoms with E-state index in [4.69, 9.17) is 4.74 Å². The number of para-hydroxylation sites is 1. The van der Waals surface area contributed by atoms with Crippen LogP contribution in [0.5, 0.6) is 5.75 Å². The van der Waals surface area contributed by atoms with Crippen LogP contribution in [0.1, 0.15) is 39.5 Å². The van der Waals surface area contributed by atoms with E-state index in [1.54, 1.807) is 0 Å². The standard InChI is InChI=1S/C19H23NO/c1-3-4-5-9-14(2)21-18-13-8-12-17-19(18)15-10-6-7-11-16(15)20-17/h6-8,10-14,20H,3-5,9H2,1-2H3. The Hall–Kier alpha value is -1.96. The van der Waals surface area contributed by atoms with Crippen molar-refractivity contribution < 1.29 is 4.74 Å². The van der Waals surface area contributed by atoms with E-state index in [1.807, 2.05) is 0 Å². The summed E-state index contributed by atoms with van der Waals surface area (Å²) in [6, 6.07) is 14.7. The Morgan fingerprint density at radius 3 is 2.67 bits per heavy atom. The molecule has 1 N–H and O–H groups in total. The van der Waals surface area contributed by atoms with Gasteiger partial charge in [0.1, 0.15) is 5.75 Å². The second-order valence-electron chi connectivity index (χ2n) is 5.77. The summed E-state index contributed by atoms with van der Waals surface area (Å²) in [6.45, 7) is 4.40. The van der Waals surface area contributed by atoms with E-state index >= 15 is 0 Å². The van der Waals surface area contributed by atoms with Crippen molar-refractivity contribution in [3.8, 4) is 5.75 Å². The molecule has 0 bridgehead atoms. The predicted octanol–water partition coefficient (Wildman–Crippen LogP) is 5.67. The molecule has 110 valence electrons. The van der Waals surface area contributed by atoms with Gasteiger partial charge >= 0.3 is 0 Å². The summed E-state index contributed by atoms with van der Waals surface area (Å²) in [7, 11) is 0. The van der Waals surface area contributed by atoms with Gasteiger partial charge in [-0.1, -0.05) is 44.0 Å². The topological polar surface area (TPSA) is 25.0 Å². The third-order valence-electron chi connectivity index (χ3n) is 4.03. The van der Waals surface area contributed by atoms with E-state index in [0.29, 0.717) is 0 Å². The van der Waals surface area contributed by atoms with Gasteiger partial charge in [-0.05, 0) is 38.0 Å². The number of nitrogens with one attached hydrogen (secondary N) is 1. The van der Waals surface area contributed by atoms with Crippen LogP contribution in [0, 0.1) is 0 Å². The predicted molar refractivity (Wildman–Crippen MR) is 90.0 cm³/mol. The number of ether oxygens (including phenoxy) is 1. The summed E-state index contributed by atoms with van der Waals surface area (Å²) in [6.07, 6.45) is 5.15.